The monoisotopic (exact) mass is 294 g/mol. The Hall–Kier alpha value is -2.47. The van der Waals surface area contributed by atoms with Gasteiger partial charge in [0.15, 0.2) is 11.3 Å². The zero-order valence-electron chi connectivity index (χ0n) is 9.94. The van der Waals surface area contributed by atoms with E-state index in [1.54, 1.807) is 0 Å². The molecule has 0 aliphatic heterocycles. The quantitative estimate of drug-likeness (QED) is 0.711. The molecular weight excluding hydrogens is 287 g/mol. The van der Waals surface area contributed by atoms with Crippen LogP contribution in [0.1, 0.15) is 0 Å². The van der Waals surface area contributed by atoms with Crippen LogP contribution >= 0.6 is 11.6 Å². The Labute approximate surface area is 116 Å². The summed E-state index contributed by atoms with van der Waals surface area (Å²) < 4.78 is 23.7. The van der Waals surface area contributed by atoms with Crippen molar-refractivity contribution in [3.05, 3.63) is 51.7 Å². The summed E-state index contributed by atoms with van der Waals surface area (Å²) in [6, 6.07) is 6.98. The number of aromatic nitrogens is 1. The molecule has 0 unspecified atom stereocenters. The van der Waals surface area contributed by atoms with Gasteiger partial charge in [0.1, 0.15) is 11.6 Å². The number of nitrogens with two attached hydrogens (primary N) is 1. The van der Waals surface area contributed by atoms with E-state index in [2.05, 4.69) is 4.98 Å². The van der Waals surface area contributed by atoms with Crippen molar-refractivity contribution in [1.29, 1.82) is 0 Å². The first-order chi connectivity index (χ1) is 9.52. The predicted molar refractivity (Wildman–Crippen MR) is 72.7 cm³/mol. The Kier molecular flexibility index (Phi) is 2.87. The van der Waals surface area contributed by atoms with Gasteiger partial charge in [-0.2, -0.15) is 0 Å². The van der Waals surface area contributed by atoms with Crippen LogP contribution in [0.15, 0.2) is 39.5 Å². The van der Waals surface area contributed by atoms with Crippen LogP contribution in [0, 0.1) is 5.82 Å². The largest absolute Gasteiger partial charge is 0.455 e. The van der Waals surface area contributed by atoms with Gasteiger partial charge in [0.2, 0.25) is 0 Å². The summed E-state index contributed by atoms with van der Waals surface area (Å²) in [5.41, 5.74) is 6.81. The second kappa shape index (κ2) is 4.57. The number of oxazole rings is 1. The van der Waals surface area contributed by atoms with Gasteiger partial charge in [-0.15, -0.1) is 0 Å². The van der Waals surface area contributed by atoms with Crippen molar-refractivity contribution in [1.82, 2.24) is 4.98 Å². The van der Waals surface area contributed by atoms with Gasteiger partial charge >= 0.3 is 5.76 Å². The number of hydrogen-bond acceptors (Lipinski definition) is 4. The van der Waals surface area contributed by atoms with Crippen molar-refractivity contribution in [3.8, 4) is 11.5 Å². The third-order valence-electron chi connectivity index (χ3n) is 2.67. The lowest BCUT2D eigenvalue weighted by atomic mass is 10.2. The molecule has 0 fully saturated rings. The number of H-pyrrole nitrogens is 1. The van der Waals surface area contributed by atoms with Crippen molar-refractivity contribution in [2.45, 2.75) is 0 Å². The molecule has 102 valence electrons. The molecule has 0 spiro atoms. The molecule has 0 saturated carbocycles. The molecule has 3 N–H and O–H groups in total. The number of benzene rings is 2. The Bertz CT molecular complexity index is 856. The Balaban J connectivity index is 2.02. The SMILES string of the molecule is Nc1cc2oc(=O)[nH]c2cc1Oc1ccc(Cl)c(F)c1. The molecule has 0 aliphatic rings. The van der Waals surface area contributed by atoms with E-state index < -0.39 is 11.6 Å². The Morgan fingerprint density at radius 1 is 1.30 bits per heavy atom. The van der Waals surface area contributed by atoms with E-state index in [-0.39, 0.29) is 22.2 Å². The second-order valence-electron chi connectivity index (χ2n) is 4.08. The average molecular weight is 295 g/mol. The number of halogens is 2. The Morgan fingerprint density at radius 2 is 2.10 bits per heavy atom. The molecule has 0 saturated heterocycles. The molecule has 0 atom stereocenters. The van der Waals surface area contributed by atoms with Crippen LogP contribution in [0.5, 0.6) is 11.5 Å². The zero-order valence-corrected chi connectivity index (χ0v) is 10.7. The molecule has 3 rings (SSSR count). The van der Waals surface area contributed by atoms with Gasteiger partial charge in [-0.25, -0.2) is 9.18 Å². The highest BCUT2D eigenvalue weighted by atomic mass is 35.5. The van der Waals surface area contributed by atoms with E-state index in [0.29, 0.717) is 11.1 Å². The van der Waals surface area contributed by atoms with E-state index in [4.69, 9.17) is 26.5 Å². The smallest absolute Gasteiger partial charge is 0.417 e. The summed E-state index contributed by atoms with van der Waals surface area (Å²) in [6.45, 7) is 0. The minimum absolute atomic E-state index is 0.0000568. The van der Waals surface area contributed by atoms with Crippen LogP contribution in [0.4, 0.5) is 10.1 Å². The van der Waals surface area contributed by atoms with Crippen LogP contribution in [0.3, 0.4) is 0 Å². The van der Waals surface area contributed by atoms with E-state index >= 15 is 0 Å². The number of fused-ring (bicyclic) bond motifs is 1. The molecular formula is C13H8ClFN2O3. The lowest BCUT2D eigenvalue weighted by Crippen LogP contribution is -1.94. The molecule has 20 heavy (non-hydrogen) atoms. The highest BCUT2D eigenvalue weighted by Crippen LogP contribution is 2.32. The third-order valence-corrected chi connectivity index (χ3v) is 2.98. The molecule has 1 heterocycles. The number of anilines is 1. The highest BCUT2D eigenvalue weighted by molar-refractivity contribution is 6.30. The van der Waals surface area contributed by atoms with Crippen LogP contribution in [0.25, 0.3) is 11.1 Å². The maximum absolute atomic E-state index is 13.3. The number of nitrogens with one attached hydrogen (secondary N) is 1. The summed E-state index contributed by atoms with van der Waals surface area (Å²) in [5, 5.41) is -0.0000568. The number of nitrogen functional groups attached to an aromatic ring is 1. The first kappa shape index (κ1) is 12.6. The van der Waals surface area contributed by atoms with Gasteiger partial charge in [0, 0.05) is 18.2 Å². The van der Waals surface area contributed by atoms with Gasteiger partial charge in [-0.05, 0) is 12.1 Å². The first-order valence-electron chi connectivity index (χ1n) is 5.58. The molecule has 0 radical (unpaired) electrons. The minimum atomic E-state index is -0.597. The molecule has 0 amide bonds. The number of aromatic amines is 1. The molecule has 1 aromatic heterocycles. The van der Waals surface area contributed by atoms with E-state index in [1.807, 2.05) is 0 Å². The number of ether oxygens (including phenoxy) is 1. The summed E-state index contributed by atoms with van der Waals surface area (Å²) in [4.78, 5) is 13.6. The van der Waals surface area contributed by atoms with Crippen LogP contribution in [-0.4, -0.2) is 4.98 Å². The lowest BCUT2D eigenvalue weighted by molar-refractivity contribution is 0.479. The standard InChI is InChI=1S/C13H8ClFN2O3/c14-7-2-1-6(3-8(7)15)19-11-5-10-12(4-9(11)16)20-13(18)17-10/h1-5H,16H2,(H,17,18). The average Bonchev–Trinajstić information content (AvgIpc) is 2.73. The first-order valence-corrected chi connectivity index (χ1v) is 5.96. The van der Waals surface area contributed by atoms with Gasteiger partial charge < -0.3 is 14.9 Å². The maximum atomic E-state index is 13.3. The molecule has 0 bridgehead atoms. The van der Waals surface area contributed by atoms with Gasteiger partial charge in [0.25, 0.3) is 0 Å². The lowest BCUT2D eigenvalue weighted by Gasteiger charge is -2.08. The topological polar surface area (TPSA) is 81.2 Å². The molecule has 2 aromatic carbocycles. The zero-order chi connectivity index (χ0) is 14.3. The normalized spacial score (nSPS) is 10.9. The second-order valence-corrected chi connectivity index (χ2v) is 4.49. The van der Waals surface area contributed by atoms with E-state index in [0.717, 1.165) is 6.07 Å². The predicted octanol–water partition coefficient (Wildman–Crippen LogP) is 3.29. The van der Waals surface area contributed by atoms with Crippen molar-refractivity contribution in [2.75, 3.05) is 5.73 Å². The summed E-state index contributed by atoms with van der Waals surface area (Å²) >= 11 is 5.59. The summed E-state index contributed by atoms with van der Waals surface area (Å²) in [6.07, 6.45) is 0. The van der Waals surface area contributed by atoms with Crippen molar-refractivity contribution < 1.29 is 13.5 Å². The molecule has 0 aliphatic carbocycles. The fourth-order valence-electron chi connectivity index (χ4n) is 1.75. The summed E-state index contributed by atoms with van der Waals surface area (Å²) in [7, 11) is 0. The van der Waals surface area contributed by atoms with Crippen LogP contribution in [0.2, 0.25) is 5.02 Å². The van der Waals surface area contributed by atoms with Crippen LogP contribution in [-0.2, 0) is 0 Å². The van der Waals surface area contributed by atoms with Crippen molar-refractivity contribution in [2.24, 2.45) is 0 Å². The van der Waals surface area contributed by atoms with Gasteiger partial charge in [-0.3, -0.25) is 4.98 Å². The highest BCUT2D eigenvalue weighted by Gasteiger charge is 2.10. The Morgan fingerprint density at radius 3 is 2.85 bits per heavy atom. The van der Waals surface area contributed by atoms with E-state index in [1.165, 1.54) is 24.3 Å². The van der Waals surface area contributed by atoms with Crippen molar-refractivity contribution in [3.63, 3.8) is 0 Å². The molecule has 5 nitrogen and oxygen atoms in total. The van der Waals surface area contributed by atoms with Crippen molar-refractivity contribution >= 4 is 28.4 Å². The molecule has 7 heteroatoms. The number of rotatable bonds is 2. The maximum Gasteiger partial charge on any atom is 0.417 e. The van der Waals surface area contributed by atoms with Gasteiger partial charge in [0.05, 0.1) is 16.2 Å². The fourth-order valence-corrected chi connectivity index (χ4v) is 1.87. The summed E-state index contributed by atoms with van der Waals surface area (Å²) in [5.74, 6) is -0.672. The van der Waals surface area contributed by atoms with Gasteiger partial charge in [-0.1, -0.05) is 11.6 Å². The number of hydrogen-bond donors (Lipinski definition) is 2. The fraction of sp³-hybridized carbons (Fsp3) is 0. The molecule has 3 aromatic rings. The van der Waals surface area contributed by atoms with E-state index in [9.17, 15) is 9.18 Å². The minimum Gasteiger partial charge on any atom is -0.455 e. The third kappa shape index (κ3) is 2.21. The van der Waals surface area contributed by atoms with Crippen LogP contribution < -0.4 is 16.2 Å².